The summed E-state index contributed by atoms with van der Waals surface area (Å²) in [5.41, 5.74) is 29.3. The molecule has 0 saturated carbocycles. The van der Waals surface area contributed by atoms with Crippen LogP contribution in [0.25, 0.3) is 0 Å². The van der Waals surface area contributed by atoms with Crippen molar-refractivity contribution >= 4 is 76.9 Å². The molecule has 2 aromatic rings. The minimum atomic E-state index is -1.79. The highest BCUT2D eigenvalue weighted by molar-refractivity contribution is 6.00. The normalized spacial score (nSPS) is 16.7. The Morgan fingerprint density at radius 1 is 0.538 bits per heavy atom. The number of amides is 12. The van der Waals surface area contributed by atoms with Crippen LogP contribution in [0.2, 0.25) is 0 Å². The Morgan fingerprint density at radius 3 is 1.51 bits per heavy atom. The Bertz CT molecular complexity index is 2830. The van der Waals surface area contributed by atoms with Crippen molar-refractivity contribution in [2.75, 3.05) is 26.2 Å². The number of benzene rings is 2. The van der Waals surface area contributed by atoms with Crippen LogP contribution < -0.4 is 76.5 Å². The summed E-state index contributed by atoms with van der Waals surface area (Å²) in [5.74, 6) is -13.7. The number of carbonyl (C=O) groups excluding carboxylic acids is 12. The van der Waals surface area contributed by atoms with E-state index in [2.05, 4.69) is 47.9 Å². The van der Waals surface area contributed by atoms with E-state index in [-0.39, 0.29) is 64.0 Å². The van der Waals surface area contributed by atoms with Crippen LogP contribution in [0.3, 0.4) is 0 Å². The van der Waals surface area contributed by atoms with Gasteiger partial charge in [-0.05, 0) is 101 Å². The van der Waals surface area contributed by atoms with Gasteiger partial charge in [-0.3, -0.25) is 57.5 Å². The third-order valence-corrected chi connectivity index (χ3v) is 15.8. The van der Waals surface area contributed by atoms with E-state index in [1.54, 1.807) is 88.4 Å². The Kier molecular flexibility index (Phi) is 34.1. The number of likely N-dealkylation sites (tertiary alicyclic amines) is 1. The SMILES string of the molecule is CC[C@H](C)[C@H](NC(=O)[C@H](CCC(N)=O)NC(=O)[C@@H]1CCCN1C(=O)[C@H](Cc1ccccc1)NC(=O)[C@H](CC(N)=O)NC(=O)[C@H](Cc1ccccc1)NC(=O)[C@H](CO)NC(=O)[C@@H](N)C(C)C)C(=O)N[C@H](C(=O)N[C@@H](CCCCN)C(=O)N[C@@H](CCCCN)C(=O)O)[C@@H](C)O. The van der Waals surface area contributed by atoms with E-state index >= 15 is 0 Å². The van der Waals surface area contributed by atoms with Gasteiger partial charge in [0, 0.05) is 25.8 Å². The molecule has 0 radical (unpaired) electrons. The first-order chi connectivity index (χ1) is 44.1. The molecule has 0 unspecified atom stereocenters. The van der Waals surface area contributed by atoms with Crippen molar-refractivity contribution in [3.8, 4) is 0 Å². The lowest BCUT2D eigenvalue weighted by molar-refractivity contribution is -0.143. The maximum absolute atomic E-state index is 14.9. The number of primary amides is 2. The number of aliphatic hydroxyl groups excluding tert-OH is 2. The van der Waals surface area contributed by atoms with Gasteiger partial charge in [-0.2, -0.15) is 0 Å². The second-order valence-corrected chi connectivity index (χ2v) is 23.6. The van der Waals surface area contributed by atoms with Gasteiger partial charge >= 0.3 is 5.97 Å². The highest BCUT2D eigenvalue weighted by atomic mass is 16.4. The molecule has 1 aliphatic heterocycles. The quantitative estimate of drug-likeness (QED) is 0.0280. The molecule has 93 heavy (non-hydrogen) atoms. The summed E-state index contributed by atoms with van der Waals surface area (Å²) >= 11 is 0. The van der Waals surface area contributed by atoms with Crippen LogP contribution in [0, 0.1) is 11.8 Å². The van der Waals surface area contributed by atoms with E-state index in [9.17, 15) is 77.6 Å². The third-order valence-electron chi connectivity index (χ3n) is 15.8. The van der Waals surface area contributed by atoms with Gasteiger partial charge in [0.2, 0.25) is 70.9 Å². The van der Waals surface area contributed by atoms with Crippen molar-refractivity contribution < 1.29 is 77.6 Å². The van der Waals surface area contributed by atoms with E-state index in [1.807, 2.05) is 0 Å². The fourth-order valence-electron chi connectivity index (χ4n) is 10.1. The predicted molar refractivity (Wildman–Crippen MR) is 339 cm³/mol. The van der Waals surface area contributed by atoms with Gasteiger partial charge in [0.05, 0.1) is 25.2 Å². The Balaban J connectivity index is 1.93. The fraction of sp³-hybridized carbons (Fsp3) is 0.597. The predicted octanol–water partition coefficient (Wildman–Crippen LogP) is -4.29. The molecule has 3 rings (SSSR count). The molecular weight excluding hydrogens is 1210 g/mol. The molecule has 2 aromatic carbocycles. The van der Waals surface area contributed by atoms with Gasteiger partial charge in [-0.25, -0.2) is 4.79 Å². The lowest BCUT2D eigenvalue weighted by atomic mass is 9.96. The maximum Gasteiger partial charge on any atom is 0.326 e. The number of rotatable bonds is 42. The smallest absolute Gasteiger partial charge is 0.326 e. The minimum Gasteiger partial charge on any atom is -0.480 e. The number of aliphatic hydroxyl groups is 2. The van der Waals surface area contributed by atoms with Crippen LogP contribution in [-0.4, -0.2) is 196 Å². The summed E-state index contributed by atoms with van der Waals surface area (Å²) < 4.78 is 0. The number of nitrogens with two attached hydrogens (primary N) is 5. The van der Waals surface area contributed by atoms with Gasteiger partial charge in [0.15, 0.2) is 0 Å². The van der Waals surface area contributed by atoms with Crippen molar-refractivity contribution in [2.24, 2.45) is 40.5 Å². The number of unbranched alkanes of at least 4 members (excludes halogenated alkanes) is 2. The maximum atomic E-state index is 14.9. The topological polar surface area (TPSA) is 524 Å². The Labute approximate surface area is 541 Å². The molecule has 31 nitrogen and oxygen atoms in total. The van der Waals surface area contributed by atoms with Gasteiger partial charge in [0.25, 0.3) is 0 Å². The number of nitrogens with zero attached hydrogens (tertiary/aromatic N) is 1. The third kappa shape index (κ3) is 26.5. The highest BCUT2D eigenvalue weighted by Crippen LogP contribution is 2.22. The number of carboxylic acid groups (broad SMARTS) is 1. The van der Waals surface area contributed by atoms with Crippen molar-refractivity contribution in [3.05, 3.63) is 71.8 Å². The van der Waals surface area contributed by atoms with Crippen LogP contribution in [0.1, 0.15) is 123 Å². The first-order valence-electron chi connectivity index (χ1n) is 31.4. The molecular formula is C62H97N15O16. The molecule has 1 heterocycles. The summed E-state index contributed by atoms with van der Waals surface area (Å²) in [6.07, 6.45) is -1.50. The second-order valence-electron chi connectivity index (χ2n) is 23.6. The molecule has 13 atom stereocenters. The van der Waals surface area contributed by atoms with Crippen molar-refractivity contribution in [2.45, 2.75) is 197 Å². The lowest BCUT2D eigenvalue weighted by Gasteiger charge is -2.32. The van der Waals surface area contributed by atoms with E-state index < -0.39 is 181 Å². The zero-order valence-electron chi connectivity index (χ0n) is 53.6. The van der Waals surface area contributed by atoms with E-state index in [1.165, 1.54) is 11.8 Å². The zero-order chi connectivity index (χ0) is 69.5. The van der Waals surface area contributed by atoms with Gasteiger partial charge in [-0.15, -0.1) is 0 Å². The average molecular weight is 1310 g/mol. The minimum absolute atomic E-state index is 0.00278. The molecule has 1 fully saturated rings. The molecule has 0 aromatic heterocycles. The molecule has 0 aliphatic carbocycles. The molecule has 0 bridgehead atoms. The van der Waals surface area contributed by atoms with E-state index in [4.69, 9.17) is 28.7 Å². The largest absolute Gasteiger partial charge is 0.480 e. The number of aliphatic carboxylic acids is 1. The van der Waals surface area contributed by atoms with E-state index in [0.29, 0.717) is 43.4 Å². The molecule has 516 valence electrons. The summed E-state index contributed by atoms with van der Waals surface area (Å²) in [7, 11) is 0. The van der Waals surface area contributed by atoms with Gasteiger partial charge in [-0.1, -0.05) is 94.8 Å². The molecule has 0 spiro atoms. The van der Waals surface area contributed by atoms with Gasteiger partial charge < -0.3 is 96.7 Å². The average Bonchev–Trinajstić information content (AvgIpc) is 1.77. The molecule has 31 heteroatoms. The van der Waals surface area contributed by atoms with Crippen LogP contribution >= 0.6 is 0 Å². The number of nitrogens with one attached hydrogen (secondary N) is 9. The summed E-state index contributed by atoms with van der Waals surface area (Å²) in [5, 5.41) is 53.4. The van der Waals surface area contributed by atoms with Gasteiger partial charge in [0.1, 0.15) is 60.4 Å². The van der Waals surface area contributed by atoms with E-state index in [0.717, 1.165) is 0 Å². The summed E-state index contributed by atoms with van der Waals surface area (Å²) in [4.78, 5) is 179. The van der Waals surface area contributed by atoms with Crippen LogP contribution in [-0.2, 0) is 75.2 Å². The lowest BCUT2D eigenvalue weighted by Crippen LogP contribution is -2.62. The Hall–Kier alpha value is -8.65. The number of hydrogen-bond acceptors (Lipinski definition) is 18. The van der Waals surface area contributed by atoms with Crippen LogP contribution in [0.4, 0.5) is 0 Å². The molecule has 22 N–H and O–H groups in total. The number of hydrogen-bond donors (Lipinski definition) is 17. The van der Waals surface area contributed by atoms with Crippen molar-refractivity contribution in [3.63, 3.8) is 0 Å². The summed E-state index contributed by atoms with van der Waals surface area (Å²) in [6, 6.07) is 0.459. The number of carbonyl (C=O) groups is 13. The Morgan fingerprint density at radius 2 is 0.989 bits per heavy atom. The van der Waals surface area contributed by atoms with Crippen LogP contribution in [0.5, 0.6) is 0 Å². The monoisotopic (exact) mass is 1310 g/mol. The second kappa shape index (κ2) is 40.4. The number of carboxylic acids is 1. The van der Waals surface area contributed by atoms with Crippen molar-refractivity contribution in [1.29, 1.82) is 0 Å². The molecule has 1 aliphatic rings. The summed E-state index contributed by atoms with van der Waals surface area (Å²) in [6.45, 7) is 7.41. The zero-order valence-corrected chi connectivity index (χ0v) is 53.6. The van der Waals surface area contributed by atoms with Crippen LogP contribution in [0.15, 0.2) is 60.7 Å². The highest BCUT2D eigenvalue weighted by Gasteiger charge is 2.42. The molecule has 12 amide bonds. The fourth-order valence-corrected chi connectivity index (χ4v) is 10.1. The standard InChI is InChI=1S/C62H97N15O16/c1-6-35(4)50(59(89)76-51(36(5)79)60(90)69-39(22-13-15-27-63)52(82)70-41(62(92)93)23-14-16-28-64)75-53(83)40(25-26-47(65)80)68-57(87)46-24-17-29-77(46)61(91)44(31-38-20-11-8-12-21-38)73-55(85)43(32-48(66)81)72-54(84)42(30-37-18-9-7-10-19-37)71-56(86)45(33-78)74-58(88)49(67)34(2)3/h7-12,18-21,34-36,39-46,49-51,78-79H,6,13-17,22-33,63-64,67H2,1-5H3,(H2,65,80)(H2,66,81)(H,68,87)(H,69,90)(H,70,82)(H,71,86)(H,72,84)(H,73,85)(H,74,88)(H,75,83)(H,76,89)(H,92,93)/t35-,36+,39-,40-,41-,42-,43-,44-,45-,46-,49-,50-,51-/m0/s1. The van der Waals surface area contributed by atoms with Crippen molar-refractivity contribution in [1.82, 2.24) is 52.8 Å². The molecule has 1 saturated heterocycles. The first kappa shape index (κ1) is 78.6. The first-order valence-corrected chi connectivity index (χ1v) is 31.4.